The fourth-order valence-corrected chi connectivity index (χ4v) is 0.847. The highest BCUT2D eigenvalue weighted by Gasteiger charge is 1.99. The van der Waals surface area contributed by atoms with Gasteiger partial charge in [0.15, 0.2) is 5.82 Å². The molecule has 1 rings (SSSR count). The molecule has 0 aliphatic carbocycles. The van der Waals surface area contributed by atoms with Gasteiger partial charge in [-0.3, -0.25) is 0 Å². The molecule has 12 heavy (non-hydrogen) atoms. The molecule has 0 aromatic carbocycles. The van der Waals surface area contributed by atoms with E-state index in [9.17, 15) is 0 Å². The van der Waals surface area contributed by atoms with Crippen LogP contribution in [0.25, 0.3) is 0 Å². The Morgan fingerprint density at radius 1 is 1.50 bits per heavy atom. The van der Waals surface area contributed by atoms with Crippen LogP contribution in [0.3, 0.4) is 0 Å². The second-order valence-electron chi connectivity index (χ2n) is 2.45. The lowest BCUT2D eigenvalue weighted by Crippen LogP contribution is -2.21. The van der Waals surface area contributed by atoms with E-state index in [1.807, 2.05) is 0 Å². The molecule has 0 amide bonds. The van der Waals surface area contributed by atoms with Crippen LogP contribution in [0.1, 0.15) is 11.7 Å². The van der Waals surface area contributed by atoms with Crippen molar-refractivity contribution in [2.24, 2.45) is 0 Å². The largest absolute Gasteiger partial charge is 0.395 e. The summed E-state index contributed by atoms with van der Waals surface area (Å²) in [7, 11) is 0. The van der Waals surface area contributed by atoms with Gasteiger partial charge in [-0.1, -0.05) is 5.16 Å². The summed E-state index contributed by atoms with van der Waals surface area (Å²) >= 11 is 0. The summed E-state index contributed by atoms with van der Waals surface area (Å²) in [5.74, 6) is 1.30. The lowest BCUT2D eigenvalue weighted by molar-refractivity contribution is 0.292. The minimum Gasteiger partial charge on any atom is -0.395 e. The van der Waals surface area contributed by atoms with Crippen LogP contribution in [-0.4, -0.2) is 34.9 Å². The van der Waals surface area contributed by atoms with E-state index in [0.29, 0.717) is 18.3 Å². The molecule has 0 spiro atoms. The maximum atomic E-state index is 8.46. The van der Waals surface area contributed by atoms with Gasteiger partial charge in [0.2, 0.25) is 5.89 Å². The summed E-state index contributed by atoms with van der Waals surface area (Å²) in [5, 5.41) is 15.2. The van der Waals surface area contributed by atoms with Crippen LogP contribution in [-0.2, 0) is 6.42 Å². The van der Waals surface area contributed by atoms with Gasteiger partial charge in [0.25, 0.3) is 0 Å². The fraction of sp³-hybridized carbons (Fsp3) is 0.714. The average molecular weight is 171 g/mol. The van der Waals surface area contributed by atoms with Crippen molar-refractivity contribution in [2.45, 2.75) is 13.3 Å². The van der Waals surface area contributed by atoms with E-state index in [-0.39, 0.29) is 6.61 Å². The maximum absolute atomic E-state index is 8.46. The Bertz CT molecular complexity index is 224. The summed E-state index contributed by atoms with van der Waals surface area (Å²) in [4.78, 5) is 4.03. The van der Waals surface area contributed by atoms with Crippen LogP contribution >= 0.6 is 0 Å². The SMILES string of the molecule is Cc1nc(CCNCCO)no1. The molecule has 0 saturated heterocycles. The Kier molecular flexibility index (Phi) is 3.69. The van der Waals surface area contributed by atoms with Gasteiger partial charge in [-0.15, -0.1) is 0 Å². The number of aliphatic hydroxyl groups is 1. The van der Waals surface area contributed by atoms with Crippen LogP contribution in [0.2, 0.25) is 0 Å². The number of hydrogen-bond donors (Lipinski definition) is 2. The zero-order valence-electron chi connectivity index (χ0n) is 7.08. The van der Waals surface area contributed by atoms with E-state index in [1.54, 1.807) is 6.92 Å². The number of aliphatic hydroxyl groups excluding tert-OH is 1. The Balaban J connectivity index is 2.15. The third kappa shape index (κ3) is 2.98. The molecule has 1 heterocycles. The van der Waals surface area contributed by atoms with E-state index in [0.717, 1.165) is 13.0 Å². The standard InChI is InChI=1S/C7H13N3O2/c1-6-9-7(10-12-6)2-3-8-4-5-11/h8,11H,2-5H2,1H3. The highest BCUT2D eigenvalue weighted by atomic mass is 16.5. The highest BCUT2D eigenvalue weighted by molar-refractivity contribution is 4.84. The molecule has 68 valence electrons. The zero-order valence-corrected chi connectivity index (χ0v) is 7.08. The third-order valence-electron chi connectivity index (χ3n) is 1.38. The van der Waals surface area contributed by atoms with Crippen molar-refractivity contribution >= 4 is 0 Å². The minimum absolute atomic E-state index is 0.158. The van der Waals surface area contributed by atoms with E-state index in [1.165, 1.54) is 0 Å². The molecule has 0 fully saturated rings. The van der Waals surface area contributed by atoms with Gasteiger partial charge in [0, 0.05) is 26.4 Å². The second-order valence-corrected chi connectivity index (χ2v) is 2.45. The fourth-order valence-electron chi connectivity index (χ4n) is 0.847. The molecule has 5 nitrogen and oxygen atoms in total. The predicted octanol–water partition coefficient (Wildman–Crippen LogP) is -0.498. The highest BCUT2D eigenvalue weighted by Crippen LogP contribution is 1.94. The normalized spacial score (nSPS) is 10.5. The molecular weight excluding hydrogens is 158 g/mol. The van der Waals surface area contributed by atoms with Gasteiger partial charge >= 0.3 is 0 Å². The Morgan fingerprint density at radius 3 is 2.92 bits per heavy atom. The molecule has 0 aliphatic rings. The van der Waals surface area contributed by atoms with Gasteiger partial charge in [0.05, 0.1) is 6.61 Å². The Hall–Kier alpha value is -0.940. The average Bonchev–Trinajstić information content (AvgIpc) is 2.45. The molecule has 0 saturated carbocycles. The maximum Gasteiger partial charge on any atom is 0.223 e. The molecule has 5 heteroatoms. The lowest BCUT2D eigenvalue weighted by Gasteiger charge is -1.97. The first-order chi connectivity index (χ1) is 5.83. The van der Waals surface area contributed by atoms with Crippen molar-refractivity contribution in [3.63, 3.8) is 0 Å². The number of rotatable bonds is 5. The second kappa shape index (κ2) is 4.84. The summed E-state index contributed by atoms with van der Waals surface area (Å²) in [5.41, 5.74) is 0. The summed E-state index contributed by atoms with van der Waals surface area (Å²) < 4.78 is 4.78. The zero-order chi connectivity index (χ0) is 8.81. The van der Waals surface area contributed by atoms with E-state index >= 15 is 0 Å². The number of aromatic nitrogens is 2. The number of nitrogens with zero attached hydrogens (tertiary/aromatic N) is 2. The molecule has 1 aromatic rings. The van der Waals surface area contributed by atoms with Crippen LogP contribution in [0.15, 0.2) is 4.52 Å². The topological polar surface area (TPSA) is 71.2 Å². The molecule has 0 atom stereocenters. The summed E-state index contributed by atoms with van der Waals surface area (Å²) in [6.07, 6.45) is 0.733. The van der Waals surface area contributed by atoms with Gasteiger partial charge in [-0.25, -0.2) is 0 Å². The first-order valence-corrected chi connectivity index (χ1v) is 3.93. The van der Waals surface area contributed by atoms with E-state index in [2.05, 4.69) is 15.5 Å². The van der Waals surface area contributed by atoms with Crippen molar-refractivity contribution in [3.8, 4) is 0 Å². The number of hydrogen-bond acceptors (Lipinski definition) is 5. The van der Waals surface area contributed by atoms with Gasteiger partial charge in [0.1, 0.15) is 0 Å². The molecule has 0 bridgehead atoms. The number of aryl methyl sites for hydroxylation is 1. The Labute approximate surface area is 70.8 Å². The van der Waals surface area contributed by atoms with Crippen molar-refractivity contribution < 1.29 is 9.63 Å². The lowest BCUT2D eigenvalue weighted by atomic mass is 10.4. The van der Waals surface area contributed by atoms with Crippen LogP contribution in [0.5, 0.6) is 0 Å². The third-order valence-corrected chi connectivity index (χ3v) is 1.38. The first-order valence-electron chi connectivity index (χ1n) is 3.93. The molecule has 1 aromatic heterocycles. The van der Waals surface area contributed by atoms with Crippen molar-refractivity contribution in [2.75, 3.05) is 19.7 Å². The first kappa shape index (κ1) is 9.15. The van der Waals surface area contributed by atoms with Gasteiger partial charge < -0.3 is 14.9 Å². The van der Waals surface area contributed by atoms with Gasteiger partial charge in [-0.2, -0.15) is 4.98 Å². The summed E-state index contributed by atoms with van der Waals surface area (Å²) in [6.45, 7) is 3.29. The van der Waals surface area contributed by atoms with Crippen molar-refractivity contribution in [1.82, 2.24) is 15.5 Å². The monoisotopic (exact) mass is 171 g/mol. The van der Waals surface area contributed by atoms with Crippen LogP contribution < -0.4 is 5.32 Å². The molecule has 0 aliphatic heterocycles. The van der Waals surface area contributed by atoms with Crippen molar-refractivity contribution in [1.29, 1.82) is 0 Å². The molecule has 2 N–H and O–H groups in total. The predicted molar refractivity (Wildman–Crippen MR) is 42.7 cm³/mol. The van der Waals surface area contributed by atoms with Crippen LogP contribution in [0, 0.1) is 6.92 Å². The quantitative estimate of drug-likeness (QED) is 0.584. The minimum atomic E-state index is 0.158. The van der Waals surface area contributed by atoms with E-state index < -0.39 is 0 Å². The van der Waals surface area contributed by atoms with Crippen molar-refractivity contribution in [3.05, 3.63) is 11.7 Å². The Morgan fingerprint density at radius 2 is 2.33 bits per heavy atom. The van der Waals surface area contributed by atoms with Crippen LogP contribution in [0.4, 0.5) is 0 Å². The van der Waals surface area contributed by atoms with Gasteiger partial charge in [-0.05, 0) is 0 Å². The summed E-state index contributed by atoms with van der Waals surface area (Å²) in [6, 6.07) is 0. The smallest absolute Gasteiger partial charge is 0.223 e. The molecule has 0 radical (unpaired) electrons. The molecular formula is C7H13N3O2. The molecule has 0 unspecified atom stereocenters. The van der Waals surface area contributed by atoms with E-state index in [4.69, 9.17) is 9.63 Å². The number of nitrogens with one attached hydrogen (secondary N) is 1.